The first-order valence-corrected chi connectivity index (χ1v) is 7.50. The highest BCUT2D eigenvalue weighted by atomic mass is 19.1. The molecule has 1 aromatic carbocycles. The number of benzene rings is 1. The molecule has 0 spiro atoms. The summed E-state index contributed by atoms with van der Waals surface area (Å²) in [5.74, 6) is -0.334. The van der Waals surface area contributed by atoms with Crippen molar-refractivity contribution in [2.24, 2.45) is 0 Å². The van der Waals surface area contributed by atoms with Crippen molar-refractivity contribution in [3.8, 4) is 5.88 Å². The lowest BCUT2D eigenvalue weighted by atomic mass is 10.2. The predicted octanol–water partition coefficient (Wildman–Crippen LogP) is 2.15. The van der Waals surface area contributed by atoms with Crippen LogP contribution in [0.4, 0.5) is 10.1 Å². The number of pyridine rings is 1. The molecule has 0 saturated heterocycles. The third-order valence-electron chi connectivity index (χ3n) is 3.60. The van der Waals surface area contributed by atoms with E-state index in [1.165, 1.54) is 35.0 Å². The Kier molecular flexibility index (Phi) is 4.69. The van der Waals surface area contributed by atoms with E-state index in [0.717, 1.165) is 5.56 Å². The fourth-order valence-corrected chi connectivity index (χ4v) is 2.37. The van der Waals surface area contributed by atoms with Crippen LogP contribution in [0.25, 0.3) is 0 Å². The van der Waals surface area contributed by atoms with Crippen LogP contribution in [0.1, 0.15) is 16.1 Å². The molecular weight excluding hydrogens is 325 g/mol. The van der Waals surface area contributed by atoms with Gasteiger partial charge in [0.2, 0.25) is 5.88 Å². The van der Waals surface area contributed by atoms with E-state index in [2.05, 4.69) is 15.3 Å². The van der Waals surface area contributed by atoms with E-state index in [-0.39, 0.29) is 17.4 Å². The first-order valence-electron chi connectivity index (χ1n) is 7.50. The topological polar surface area (TPSA) is 73.1 Å². The Balaban J connectivity index is 1.78. The third-order valence-corrected chi connectivity index (χ3v) is 3.60. The van der Waals surface area contributed by atoms with Crippen LogP contribution in [0, 0.1) is 5.82 Å². The second-order valence-electron chi connectivity index (χ2n) is 5.33. The van der Waals surface area contributed by atoms with E-state index in [1.807, 2.05) is 0 Å². The van der Waals surface area contributed by atoms with E-state index in [4.69, 9.17) is 4.74 Å². The van der Waals surface area contributed by atoms with Gasteiger partial charge in [0.1, 0.15) is 11.5 Å². The van der Waals surface area contributed by atoms with Crippen LogP contribution in [0.15, 0.2) is 48.8 Å². The van der Waals surface area contributed by atoms with E-state index in [9.17, 15) is 9.18 Å². The molecule has 0 radical (unpaired) electrons. The van der Waals surface area contributed by atoms with Crippen LogP contribution in [-0.2, 0) is 6.54 Å². The fraction of sp³-hybridized carbons (Fsp3) is 0.176. The van der Waals surface area contributed by atoms with Gasteiger partial charge < -0.3 is 9.64 Å². The molecule has 0 atom stereocenters. The minimum atomic E-state index is -0.350. The molecule has 3 aromatic rings. The Labute approximate surface area is 143 Å². The highest BCUT2D eigenvalue weighted by molar-refractivity contribution is 6.04. The van der Waals surface area contributed by atoms with E-state index >= 15 is 0 Å². The van der Waals surface area contributed by atoms with Crippen LogP contribution in [0.5, 0.6) is 5.88 Å². The summed E-state index contributed by atoms with van der Waals surface area (Å²) in [6, 6.07) is 9.62. The number of carbonyl (C=O) groups excluding carboxylic acids is 1. The summed E-state index contributed by atoms with van der Waals surface area (Å²) in [6.45, 7) is 0.317. The summed E-state index contributed by atoms with van der Waals surface area (Å²) in [5.41, 5.74) is 1.42. The summed E-state index contributed by atoms with van der Waals surface area (Å²) < 4.78 is 19.9. The lowest BCUT2D eigenvalue weighted by Gasteiger charge is -2.17. The number of hydrogen-bond donors (Lipinski definition) is 0. The van der Waals surface area contributed by atoms with Crippen molar-refractivity contribution in [2.75, 3.05) is 19.1 Å². The Hall–Kier alpha value is -3.29. The molecule has 0 aliphatic carbocycles. The smallest absolute Gasteiger partial charge is 0.280 e. The average Bonchev–Trinajstić information content (AvgIpc) is 3.09. The number of hydrogen-bond acceptors (Lipinski definition) is 5. The average molecular weight is 341 g/mol. The van der Waals surface area contributed by atoms with Crippen molar-refractivity contribution in [2.45, 2.75) is 6.54 Å². The Bertz CT molecular complexity index is 896. The molecule has 3 rings (SSSR count). The first kappa shape index (κ1) is 16.6. The minimum absolute atomic E-state index is 0.171. The van der Waals surface area contributed by atoms with Crippen molar-refractivity contribution in [3.05, 3.63) is 65.9 Å². The minimum Gasteiger partial charge on any atom is -0.480 e. The Morgan fingerprint density at radius 2 is 2.16 bits per heavy atom. The molecule has 2 aromatic heterocycles. The third kappa shape index (κ3) is 3.63. The fourth-order valence-electron chi connectivity index (χ4n) is 2.37. The number of aromatic nitrogens is 4. The van der Waals surface area contributed by atoms with Gasteiger partial charge in [-0.25, -0.2) is 14.1 Å². The number of carbonyl (C=O) groups is 1. The van der Waals surface area contributed by atoms with Crippen molar-refractivity contribution in [3.63, 3.8) is 0 Å². The zero-order chi connectivity index (χ0) is 17.8. The molecule has 0 fully saturated rings. The van der Waals surface area contributed by atoms with Crippen LogP contribution in [-0.4, -0.2) is 40.0 Å². The summed E-state index contributed by atoms with van der Waals surface area (Å²) in [5, 5.41) is 7.83. The molecule has 7 nitrogen and oxygen atoms in total. The second kappa shape index (κ2) is 7.08. The predicted molar refractivity (Wildman–Crippen MR) is 89.0 cm³/mol. The number of halogens is 1. The van der Waals surface area contributed by atoms with Crippen molar-refractivity contribution in [1.29, 1.82) is 0 Å². The van der Waals surface area contributed by atoms with Crippen molar-refractivity contribution >= 4 is 11.6 Å². The van der Waals surface area contributed by atoms with Crippen molar-refractivity contribution < 1.29 is 13.9 Å². The SMILES string of the molecule is COc1ncccc1N(C)C(=O)c1cn(Cc2cccc(F)c2)nn1. The van der Waals surface area contributed by atoms with Gasteiger partial charge in [-0.15, -0.1) is 5.10 Å². The molecule has 0 bridgehead atoms. The quantitative estimate of drug-likeness (QED) is 0.711. The van der Waals surface area contributed by atoms with Gasteiger partial charge in [0, 0.05) is 13.2 Å². The standard InChI is InChI=1S/C17H16FN5O2/c1-22(15-7-4-8-19-16(15)25-2)17(24)14-11-23(21-20-14)10-12-5-3-6-13(18)9-12/h3-9,11H,10H2,1-2H3. The molecule has 0 unspecified atom stereocenters. The second-order valence-corrected chi connectivity index (χ2v) is 5.33. The molecule has 0 saturated carbocycles. The molecule has 0 aliphatic heterocycles. The zero-order valence-electron chi connectivity index (χ0n) is 13.8. The highest BCUT2D eigenvalue weighted by Gasteiger charge is 2.20. The van der Waals surface area contributed by atoms with Crippen molar-refractivity contribution in [1.82, 2.24) is 20.0 Å². The molecule has 25 heavy (non-hydrogen) atoms. The number of nitrogens with zero attached hydrogens (tertiary/aromatic N) is 5. The van der Waals surface area contributed by atoms with E-state index in [0.29, 0.717) is 18.1 Å². The van der Waals surface area contributed by atoms with Gasteiger partial charge in [0.05, 0.1) is 19.9 Å². The lowest BCUT2D eigenvalue weighted by molar-refractivity contribution is 0.0987. The molecule has 0 aliphatic rings. The maximum Gasteiger partial charge on any atom is 0.280 e. The number of anilines is 1. The normalized spacial score (nSPS) is 10.5. The molecule has 128 valence electrons. The number of methoxy groups -OCH3 is 1. The largest absolute Gasteiger partial charge is 0.480 e. The number of ether oxygens (including phenoxy) is 1. The summed E-state index contributed by atoms with van der Waals surface area (Å²) in [4.78, 5) is 18.1. The Morgan fingerprint density at radius 3 is 2.92 bits per heavy atom. The van der Waals surface area contributed by atoms with E-state index < -0.39 is 0 Å². The van der Waals surface area contributed by atoms with Crippen LogP contribution in [0.3, 0.4) is 0 Å². The Morgan fingerprint density at radius 1 is 1.32 bits per heavy atom. The van der Waals surface area contributed by atoms with E-state index in [1.54, 1.807) is 37.5 Å². The van der Waals surface area contributed by atoms with Gasteiger partial charge >= 0.3 is 0 Å². The van der Waals surface area contributed by atoms with Gasteiger partial charge in [-0.2, -0.15) is 0 Å². The highest BCUT2D eigenvalue weighted by Crippen LogP contribution is 2.24. The van der Waals surface area contributed by atoms with Crippen LogP contribution >= 0.6 is 0 Å². The molecule has 1 amide bonds. The first-order chi connectivity index (χ1) is 12.1. The molecule has 2 heterocycles. The summed E-state index contributed by atoms with van der Waals surface area (Å²) in [7, 11) is 3.09. The maximum absolute atomic E-state index is 13.2. The molecule has 0 N–H and O–H groups in total. The van der Waals surface area contributed by atoms with Gasteiger partial charge in [-0.05, 0) is 29.8 Å². The summed E-state index contributed by atoms with van der Waals surface area (Å²) in [6.07, 6.45) is 3.10. The van der Waals surface area contributed by atoms with Crippen LogP contribution < -0.4 is 9.64 Å². The zero-order valence-corrected chi connectivity index (χ0v) is 13.8. The number of amides is 1. The monoisotopic (exact) mass is 341 g/mol. The van der Waals surface area contributed by atoms with Crippen LogP contribution in [0.2, 0.25) is 0 Å². The van der Waals surface area contributed by atoms with Gasteiger partial charge in [-0.1, -0.05) is 17.3 Å². The number of rotatable bonds is 5. The maximum atomic E-state index is 13.2. The van der Waals surface area contributed by atoms with Gasteiger partial charge in [0.15, 0.2) is 5.69 Å². The molecular formula is C17H16FN5O2. The van der Waals surface area contributed by atoms with Gasteiger partial charge in [-0.3, -0.25) is 4.79 Å². The lowest BCUT2D eigenvalue weighted by Crippen LogP contribution is -2.27. The summed E-state index contributed by atoms with van der Waals surface area (Å²) >= 11 is 0. The molecule has 8 heteroatoms. The van der Waals surface area contributed by atoms with Gasteiger partial charge in [0.25, 0.3) is 5.91 Å².